The van der Waals surface area contributed by atoms with E-state index < -0.39 is 28.9 Å². The summed E-state index contributed by atoms with van der Waals surface area (Å²) in [5.74, 6) is 1.04. The van der Waals surface area contributed by atoms with Crippen molar-refractivity contribution in [2.24, 2.45) is 0 Å². The van der Waals surface area contributed by atoms with Gasteiger partial charge in [-0.05, 0) is 41.5 Å². The molecule has 0 unspecified atom stereocenters. The number of rotatable bonds is 17. The van der Waals surface area contributed by atoms with Crippen molar-refractivity contribution in [3.8, 4) is 23.0 Å². The standard InChI is InChI=1S/C28H32O11S/c1-33-18-36-24-12-10-22(14-27(24)37-19-34-2)28(23(30)17-38-40(3,31)32)39-25-11-9-21(15-29)13-26(25)35-16-20-7-5-4-6-8-20/h4-15,23,28,30H,16-19H2,1-3H3/t23-,28+/m0/s1. The highest BCUT2D eigenvalue weighted by Gasteiger charge is 2.28. The Labute approximate surface area is 233 Å². The average Bonchev–Trinajstić information content (AvgIpc) is 2.96. The van der Waals surface area contributed by atoms with Crippen LogP contribution >= 0.6 is 0 Å². The molecule has 0 radical (unpaired) electrons. The number of carbonyl (C=O) groups excluding carboxylic acids is 1. The molecule has 0 saturated carbocycles. The van der Waals surface area contributed by atoms with E-state index in [0.29, 0.717) is 23.2 Å². The van der Waals surface area contributed by atoms with E-state index in [4.69, 9.17) is 32.6 Å². The van der Waals surface area contributed by atoms with Crippen LogP contribution in [-0.2, 0) is 30.4 Å². The molecule has 0 aliphatic rings. The molecular weight excluding hydrogens is 544 g/mol. The maximum Gasteiger partial charge on any atom is 0.264 e. The van der Waals surface area contributed by atoms with Crippen LogP contribution in [0.25, 0.3) is 0 Å². The summed E-state index contributed by atoms with van der Waals surface area (Å²) in [6.45, 7) is -0.544. The normalized spacial score (nSPS) is 12.8. The lowest BCUT2D eigenvalue weighted by Crippen LogP contribution is -2.29. The first-order chi connectivity index (χ1) is 19.2. The van der Waals surface area contributed by atoms with Crippen LogP contribution in [0.15, 0.2) is 66.7 Å². The van der Waals surface area contributed by atoms with Crippen LogP contribution in [0, 0.1) is 0 Å². The van der Waals surface area contributed by atoms with Gasteiger partial charge in [0, 0.05) is 19.8 Å². The van der Waals surface area contributed by atoms with Crippen LogP contribution in [0.4, 0.5) is 0 Å². The first-order valence-corrected chi connectivity index (χ1v) is 13.9. The summed E-state index contributed by atoms with van der Waals surface area (Å²) in [6, 6.07) is 18.7. The Morgan fingerprint density at radius 1 is 0.825 bits per heavy atom. The molecule has 0 bridgehead atoms. The Bertz CT molecular complexity index is 1330. The maximum atomic E-state index is 11.6. The van der Waals surface area contributed by atoms with Crippen molar-refractivity contribution in [3.05, 3.63) is 83.4 Å². The molecule has 0 saturated heterocycles. The summed E-state index contributed by atoms with van der Waals surface area (Å²) in [6.07, 6.45) is -1.07. The Morgan fingerprint density at radius 3 is 2.12 bits per heavy atom. The Hall–Kier alpha value is -3.68. The molecule has 0 aliphatic heterocycles. The molecule has 3 aromatic carbocycles. The van der Waals surface area contributed by atoms with Crippen molar-refractivity contribution in [3.63, 3.8) is 0 Å². The van der Waals surface area contributed by atoms with Gasteiger partial charge in [-0.15, -0.1) is 0 Å². The monoisotopic (exact) mass is 576 g/mol. The van der Waals surface area contributed by atoms with E-state index in [9.17, 15) is 18.3 Å². The minimum Gasteiger partial charge on any atom is -0.485 e. The molecule has 0 aliphatic carbocycles. The van der Waals surface area contributed by atoms with Crippen molar-refractivity contribution in [1.82, 2.24) is 0 Å². The van der Waals surface area contributed by atoms with Crippen LogP contribution in [-0.4, -0.2) is 66.6 Å². The number of methoxy groups -OCH3 is 2. The molecule has 0 aromatic heterocycles. The summed E-state index contributed by atoms with van der Waals surface area (Å²) < 4.78 is 61.4. The fourth-order valence-corrected chi connectivity index (χ4v) is 3.89. The predicted octanol–water partition coefficient (Wildman–Crippen LogP) is 3.50. The molecule has 216 valence electrons. The summed E-state index contributed by atoms with van der Waals surface area (Å²) in [5, 5.41) is 11.0. The Balaban J connectivity index is 1.98. The van der Waals surface area contributed by atoms with Crippen LogP contribution in [0.5, 0.6) is 23.0 Å². The van der Waals surface area contributed by atoms with Gasteiger partial charge in [0.25, 0.3) is 10.1 Å². The molecule has 0 heterocycles. The number of aldehydes is 1. The molecule has 40 heavy (non-hydrogen) atoms. The second-order valence-corrected chi connectivity index (χ2v) is 10.1. The Morgan fingerprint density at radius 2 is 1.48 bits per heavy atom. The van der Waals surface area contributed by atoms with E-state index in [1.54, 1.807) is 18.2 Å². The van der Waals surface area contributed by atoms with E-state index in [1.165, 1.54) is 32.4 Å². The second-order valence-electron chi connectivity index (χ2n) is 8.50. The van der Waals surface area contributed by atoms with E-state index in [-0.39, 0.29) is 37.4 Å². The lowest BCUT2D eigenvalue weighted by Gasteiger charge is -2.26. The maximum absolute atomic E-state index is 11.6. The molecule has 0 amide bonds. The van der Waals surface area contributed by atoms with E-state index in [0.717, 1.165) is 11.8 Å². The third kappa shape index (κ3) is 9.50. The lowest BCUT2D eigenvalue weighted by atomic mass is 10.0. The number of hydrogen-bond acceptors (Lipinski definition) is 11. The molecule has 1 N–H and O–H groups in total. The van der Waals surface area contributed by atoms with Gasteiger partial charge in [-0.1, -0.05) is 36.4 Å². The number of aliphatic hydroxyl groups excluding tert-OH is 1. The summed E-state index contributed by atoms with van der Waals surface area (Å²) in [4.78, 5) is 11.5. The molecular formula is C28H32O11S. The Kier molecular flexibility index (Phi) is 11.7. The third-order valence-corrected chi connectivity index (χ3v) is 5.92. The van der Waals surface area contributed by atoms with Crippen LogP contribution in [0.1, 0.15) is 27.6 Å². The summed E-state index contributed by atoms with van der Waals surface area (Å²) in [7, 11) is -0.928. The third-order valence-electron chi connectivity index (χ3n) is 5.36. The van der Waals surface area contributed by atoms with Gasteiger partial charge in [0.2, 0.25) is 0 Å². The number of benzene rings is 3. The average molecular weight is 577 g/mol. The van der Waals surface area contributed by atoms with E-state index in [2.05, 4.69) is 0 Å². The van der Waals surface area contributed by atoms with Gasteiger partial charge in [-0.3, -0.25) is 8.98 Å². The molecule has 0 spiro atoms. The fourth-order valence-electron chi connectivity index (χ4n) is 3.51. The SMILES string of the molecule is COCOc1ccc([C@@H](Oc2ccc(C=O)cc2OCc2ccccc2)[C@@H](O)COS(C)(=O)=O)cc1OCOC. The lowest BCUT2D eigenvalue weighted by molar-refractivity contribution is 0.00442. The van der Waals surface area contributed by atoms with Crippen LogP contribution in [0.3, 0.4) is 0 Å². The molecule has 11 nitrogen and oxygen atoms in total. The highest BCUT2D eigenvalue weighted by atomic mass is 32.2. The number of ether oxygens (including phenoxy) is 6. The topological polar surface area (TPSA) is 136 Å². The van der Waals surface area contributed by atoms with Gasteiger partial charge in [0.1, 0.15) is 19.0 Å². The second kappa shape index (κ2) is 15.2. The number of aliphatic hydroxyl groups is 1. The molecule has 3 aromatic rings. The quantitative estimate of drug-likeness (QED) is 0.144. The van der Waals surface area contributed by atoms with Gasteiger partial charge >= 0.3 is 0 Å². The predicted molar refractivity (Wildman–Crippen MR) is 144 cm³/mol. The molecule has 12 heteroatoms. The smallest absolute Gasteiger partial charge is 0.264 e. The van der Waals surface area contributed by atoms with Gasteiger partial charge in [-0.25, -0.2) is 0 Å². The van der Waals surface area contributed by atoms with Crippen molar-refractivity contribution >= 4 is 16.4 Å². The zero-order valence-corrected chi connectivity index (χ0v) is 23.2. The van der Waals surface area contributed by atoms with Gasteiger partial charge in [0.05, 0.1) is 12.9 Å². The molecule has 2 atom stereocenters. The van der Waals surface area contributed by atoms with Gasteiger partial charge in [-0.2, -0.15) is 8.42 Å². The van der Waals surface area contributed by atoms with Crippen LogP contribution < -0.4 is 18.9 Å². The van der Waals surface area contributed by atoms with Crippen molar-refractivity contribution in [1.29, 1.82) is 0 Å². The zero-order valence-electron chi connectivity index (χ0n) is 22.3. The minimum absolute atomic E-state index is 0.0430. The summed E-state index contributed by atoms with van der Waals surface area (Å²) in [5.41, 5.74) is 1.63. The fraction of sp³-hybridized carbons (Fsp3) is 0.321. The molecule has 0 fully saturated rings. The van der Waals surface area contributed by atoms with Crippen molar-refractivity contribution in [2.45, 2.75) is 18.8 Å². The van der Waals surface area contributed by atoms with E-state index in [1.807, 2.05) is 30.3 Å². The highest BCUT2D eigenvalue weighted by molar-refractivity contribution is 7.85. The summed E-state index contributed by atoms with van der Waals surface area (Å²) >= 11 is 0. The highest BCUT2D eigenvalue weighted by Crippen LogP contribution is 2.37. The zero-order chi connectivity index (χ0) is 29.0. The number of hydrogen-bond donors (Lipinski definition) is 1. The minimum atomic E-state index is -3.86. The van der Waals surface area contributed by atoms with Crippen molar-refractivity contribution in [2.75, 3.05) is 40.7 Å². The van der Waals surface area contributed by atoms with Crippen molar-refractivity contribution < 1.29 is 50.9 Å². The number of carbonyl (C=O) groups is 1. The van der Waals surface area contributed by atoms with Gasteiger partial charge in [0.15, 0.2) is 42.7 Å². The first kappa shape index (κ1) is 30.9. The van der Waals surface area contributed by atoms with Crippen LogP contribution in [0.2, 0.25) is 0 Å². The van der Waals surface area contributed by atoms with Gasteiger partial charge < -0.3 is 33.5 Å². The first-order valence-electron chi connectivity index (χ1n) is 12.1. The molecule has 3 rings (SSSR count). The largest absolute Gasteiger partial charge is 0.485 e. The van der Waals surface area contributed by atoms with E-state index >= 15 is 0 Å².